The lowest BCUT2D eigenvalue weighted by Crippen LogP contribution is -3.12. The van der Waals surface area contributed by atoms with E-state index in [1.807, 2.05) is 0 Å². The first kappa shape index (κ1) is 16.4. The quantitative estimate of drug-likeness (QED) is 0.767. The number of hydrogen-bond acceptors (Lipinski definition) is 5. The van der Waals surface area contributed by atoms with E-state index >= 15 is 0 Å². The molecule has 0 saturated heterocycles. The predicted octanol–water partition coefficient (Wildman–Crippen LogP) is 2.39. The van der Waals surface area contributed by atoms with Crippen LogP contribution in [0.25, 0.3) is 0 Å². The van der Waals surface area contributed by atoms with E-state index in [4.69, 9.17) is 4.74 Å². The van der Waals surface area contributed by atoms with Crippen molar-refractivity contribution in [3.8, 4) is 0 Å². The Morgan fingerprint density at radius 1 is 1.00 bits per heavy atom. The van der Waals surface area contributed by atoms with Gasteiger partial charge in [-0.05, 0) is 41.1 Å². The Balaban J connectivity index is 1.02. The molecule has 6 saturated carbocycles. The maximum atomic E-state index is 13.1. The van der Waals surface area contributed by atoms with Crippen LogP contribution in [0.4, 0.5) is 13.2 Å². The lowest BCUT2D eigenvalue weighted by molar-refractivity contribution is -0.626. The Hall–Kier alpha value is -2.45. The van der Waals surface area contributed by atoms with Crippen molar-refractivity contribution in [3.63, 3.8) is 0 Å². The number of nitrogens with one attached hydrogen (secondary N) is 1. The van der Waals surface area contributed by atoms with Crippen LogP contribution < -0.4 is 5.32 Å². The molecule has 8 rings (SSSR count). The van der Waals surface area contributed by atoms with E-state index in [9.17, 15) is 22.8 Å². The van der Waals surface area contributed by atoms with Crippen molar-refractivity contribution in [2.24, 2.45) is 56.6 Å². The molecule has 9 heteroatoms. The summed E-state index contributed by atoms with van der Waals surface area (Å²) < 4.78 is 44.2. The topological polar surface area (TPSA) is 80.1 Å². The summed E-state index contributed by atoms with van der Waals surface area (Å²) in [5.74, 6) is 1.85. The molecule has 0 radical (unpaired) electrons. The summed E-state index contributed by atoms with van der Waals surface area (Å²) in [6.07, 6.45) is -4.54. The van der Waals surface area contributed by atoms with Crippen molar-refractivity contribution < 1.29 is 27.5 Å². The van der Waals surface area contributed by atoms with Gasteiger partial charge in [0, 0.05) is 12.1 Å². The minimum absolute atomic E-state index is 0.0190. The van der Waals surface area contributed by atoms with Crippen LogP contribution in [0.3, 0.4) is 0 Å². The van der Waals surface area contributed by atoms with Crippen LogP contribution in [0.1, 0.15) is 11.1 Å². The Bertz CT molecular complexity index is 988. The summed E-state index contributed by atoms with van der Waals surface area (Å²) in [5.41, 5.74) is -2.27. The van der Waals surface area contributed by atoms with Crippen LogP contribution in [0.15, 0.2) is 34.5 Å². The summed E-state index contributed by atoms with van der Waals surface area (Å²) in [6, 6.07) is 5.86. The molecule has 0 unspecified atom stereocenters. The molecule has 1 amide bonds. The molecule has 6 nitrogen and oxygen atoms in total. The molecule has 1 heterocycles. The van der Waals surface area contributed by atoms with Crippen molar-refractivity contribution in [1.82, 2.24) is 5.32 Å². The first-order chi connectivity index (χ1) is 13.8. The largest absolute Gasteiger partial charge is 0.469 e. The van der Waals surface area contributed by atoms with Gasteiger partial charge in [0.15, 0.2) is 0 Å². The number of benzene rings is 1. The number of amides is 1. The Kier molecular flexibility index (Phi) is 2.37. The van der Waals surface area contributed by atoms with E-state index in [-0.39, 0.29) is 34.8 Å². The Morgan fingerprint density at radius 2 is 1.52 bits per heavy atom. The first-order valence-electron chi connectivity index (χ1n) is 9.75. The van der Waals surface area contributed by atoms with Crippen LogP contribution in [-0.4, -0.2) is 25.2 Å². The molecule has 1 N–H and O–H groups in total. The van der Waals surface area contributed by atoms with Gasteiger partial charge in [-0.2, -0.15) is 13.2 Å². The number of carbonyl (C=O) groups excluding carboxylic acids is 2. The van der Waals surface area contributed by atoms with Crippen molar-refractivity contribution in [2.75, 3.05) is 7.11 Å². The van der Waals surface area contributed by atoms with E-state index in [0.717, 1.165) is 5.56 Å². The third kappa shape index (κ3) is 1.25. The van der Waals surface area contributed by atoms with E-state index in [1.54, 1.807) is 12.1 Å². The van der Waals surface area contributed by atoms with E-state index in [1.165, 1.54) is 19.2 Å². The molecular formula is C20H16F3N3O3. The minimum atomic E-state index is -4.54. The predicted molar refractivity (Wildman–Crippen MR) is 88.7 cm³/mol. The first-order valence-corrected chi connectivity index (χ1v) is 9.75. The maximum absolute atomic E-state index is 13.1. The molecule has 6 aliphatic carbocycles. The van der Waals surface area contributed by atoms with E-state index in [0.29, 0.717) is 35.5 Å². The number of nitrogens with zero attached hydrogens (tertiary/aromatic N) is 2. The van der Waals surface area contributed by atoms with E-state index in [2.05, 4.69) is 15.5 Å². The van der Waals surface area contributed by atoms with Gasteiger partial charge in [0.25, 0.3) is 0 Å². The molecule has 7 aliphatic rings. The van der Waals surface area contributed by atoms with Gasteiger partial charge >= 0.3 is 17.8 Å². The zero-order valence-electron chi connectivity index (χ0n) is 15.2. The number of halogens is 3. The third-order valence-corrected chi connectivity index (χ3v) is 9.07. The van der Waals surface area contributed by atoms with Gasteiger partial charge in [-0.25, -0.2) is 0 Å². The summed E-state index contributed by atoms with van der Waals surface area (Å²) in [6.45, 7) is 0.266. The van der Waals surface area contributed by atoms with Gasteiger partial charge in [0.05, 0.1) is 17.9 Å². The molecule has 0 spiro atoms. The second-order valence-electron chi connectivity index (χ2n) is 9.26. The molecule has 1 aliphatic heterocycles. The van der Waals surface area contributed by atoms with Gasteiger partial charge < -0.3 is 10.1 Å². The smallest absolute Gasteiger partial charge is 0.442 e. The number of rotatable bonds is 5. The van der Waals surface area contributed by atoms with Crippen LogP contribution in [0.5, 0.6) is 0 Å². The lowest BCUT2D eigenvalue weighted by atomic mass is 8.92. The molecule has 1 aromatic rings. The molecule has 0 bridgehead atoms. The number of alkyl halides is 3. The normalized spacial score (nSPS) is 46.8. The molecule has 29 heavy (non-hydrogen) atoms. The summed E-state index contributed by atoms with van der Waals surface area (Å²) in [5, 5.41) is 9.36. The van der Waals surface area contributed by atoms with Crippen molar-refractivity contribution in [2.45, 2.75) is 18.4 Å². The minimum Gasteiger partial charge on any atom is -0.469 e. The van der Waals surface area contributed by atoms with E-state index < -0.39 is 11.8 Å². The van der Waals surface area contributed by atoms with Gasteiger partial charge in [-0.3, -0.25) is 9.59 Å². The molecular weight excluding hydrogens is 387 g/mol. The molecule has 0 atom stereocenters. The summed E-state index contributed by atoms with van der Waals surface area (Å²) in [7, 11) is 1.43. The number of hydrogen-bond donors (Lipinski definition) is 1. The monoisotopic (exact) mass is 403 g/mol. The lowest BCUT2D eigenvalue weighted by Gasteiger charge is -3.09. The highest BCUT2D eigenvalue weighted by atomic mass is 19.4. The van der Waals surface area contributed by atoms with Crippen LogP contribution in [0.2, 0.25) is 0 Å². The second kappa shape index (κ2) is 4.20. The third-order valence-electron chi connectivity index (χ3n) is 9.07. The van der Waals surface area contributed by atoms with Crippen LogP contribution >= 0.6 is 0 Å². The number of esters is 1. The van der Waals surface area contributed by atoms with Crippen molar-refractivity contribution in [3.05, 3.63) is 35.4 Å². The van der Waals surface area contributed by atoms with Crippen LogP contribution in [-0.2, 0) is 26.5 Å². The SMILES string of the molecule is COC(=O)C12C3C4C1C1C2C3C41C(=O)NCc1ccc(C2(C(F)(F)F)N=N2)cc1. The molecule has 0 aromatic heterocycles. The fraction of sp³-hybridized carbons (Fsp3) is 0.600. The summed E-state index contributed by atoms with van der Waals surface area (Å²) in [4.78, 5) is 25.0. The second-order valence-corrected chi connectivity index (χ2v) is 9.26. The van der Waals surface area contributed by atoms with Crippen LogP contribution in [0, 0.1) is 46.3 Å². The van der Waals surface area contributed by atoms with Crippen molar-refractivity contribution >= 4 is 11.9 Å². The molecule has 6 fully saturated rings. The average molecular weight is 403 g/mol. The zero-order chi connectivity index (χ0) is 20.1. The summed E-state index contributed by atoms with van der Waals surface area (Å²) >= 11 is 0. The Labute approximate surface area is 162 Å². The molecule has 150 valence electrons. The highest BCUT2D eigenvalue weighted by molar-refractivity contribution is 5.98. The highest BCUT2D eigenvalue weighted by Gasteiger charge is 3.13. The number of ether oxygens (including phenoxy) is 1. The van der Waals surface area contributed by atoms with Gasteiger partial charge in [-0.1, -0.05) is 24.3 Å². The van der Waals surface area contributed by atoms with Gasteiger partial charge in [0.2, 0.25) is 5.91 Å². The van der Waals surface area contributed by atoms with Gasteiger partial charge in [0.1, 0.15) is 0 Å². The average Bonchev–Trinajstić information content (AvgIpc) is 3.53. The maximum Gasteiger partial charge on any atom is 0.442 e. The fourth-order valence-corrected chi connectivity index (χ4v) is 8.20. The Morgan fingerprint density at radius 3 is 1.97 bits per heavy atom. The highest BCUT2D eigenvalue weighted by Crippen LogP contribution is 3.10. The van der Waals surface area contributed by atoms with Gasteiger partial charge in [-0.15, -0.1) is 10.2 Å². The zero-order valence-corrected chi connectivity index (χ0v) is 15.2. The number of methoxy groups -OCH3 is 1. The van der Waals surface area contributed by atoms with Crippen molar-refractivity contribution in [1.29, 1.82) is 0 Å². The standard InChI is InChI=1S/C20H16F3N3O3/c1-29-16(28)18-12-9-13(18)11-14(18)10(12)17(9,11)15(27)24-6-7-2-4-8(5-3-7)19(25-26-19)20(21,22)23/h2-5,9-14H,6H2,1H3,(H,24,27). The number of carbonyl (C=O) groups is 2. The fourth-order valence-electron chi connectivity index (χ4n) is 8.20. The molecule has 1 aromatic carbocycles.